The Morgan fingerprint density at radius 3 is 2.59 bits per heavy atom. The van der Waals surface area contributed by atoms with Crippen LogP contribution in [-0.4, -0.2) is 16.8 Å². The number of hydrogen-bond acceptors (Lipinski definition) is 5. The average molecular weight is 403 g/mol. The third kappa shape index (κ3) is 4.25. The van der Waals surface area contributed by atoms with Crippen molar-refractivity contribution in [2.24, 2.45) is 0 Å². The number of aromatic nitrogens is 1. The Balaban J connectivity index is 1.54. The number of carbonyl (C=O) groups excluding carboxylic acids is 2. The first-order valence-corrected chi connectivity index (χ1v) is 9.76. The summed E-state index contributed by atoms with van der Waals surface area (Å²) >= 11 is 1.58. The van der Waals surface area contributed by atoms with E-state index in [1.54, 1.807) is 47.7 Å². The highest BCUT2D eigenvalue weighted by Gasteiger charge is 2.16. The van der Waals surface area contributed by atoms with Crippen LogP contribution in [0.15, 0.2) is 76.7 Å². The number of aryl methyl sites for hydroxylation is 1. The van der Waals surface area contributed by atoms with Gasteiger partial charge in [0.05, 0.1) is 28.2 Å². The molecule has 7 heteroatoms. The predicted octanol–water partition coefficient (Wildman–Crippen LogP) is 5.22. The van der Waals surface area contributed by atoms with E-state index in [1.807, 2.05) is 36.6 Å². The molecule has 0 saturated heterocycles. The minimum Gasteiger partial charge on any atom is -0.459 e. The van der Waals surface area contributed by atoms with Gasteiger partial charge in [-0.25, -0.2) is 4.98 Å². The van der Waals surface area contributed by atoms with Crippen molar-refractivity contribution in [3.8, 4) is 11.3 Å². The number of thiazole rings is 1. The van der Waals surface area contributed by atoms with Crippen molar-refractivity contribution in [2.45, 2.75) is 6.92 Å². The molecule has 0 bridgehead atoms. The van der Waals surface area contributed by atoms with Crippen molar-refractivity contribution in [1.82, 2.24) is 4.98 Å². The van der Waals surface area contributed by atoms with Gasteiger partial charge in [0.25, 0.3) is 11.8 Å². The van der Waals surface area contributed by atoms with Gasteiger partial charge >= 0.3 is 0 Å². The molecule has 2 amide bonds. The van der Waals surface area contributed by atoms with E-state index in [2.05, 4.69) is 15.6 Å². The van der Waals surface area contributed by atoms with Crippen LogP contribution in [0.3, 0.4) is 0 Å². The molecule has 0 fully saturated rings. The summed E-state index contributed by atoms with van der Waals surface area (Å²) in [5.74, 6) is -0.574. The highest BCUT2D eigenvalue weighted by atomic mass is 32.1. The zero-order valence-electron chi connectivity index (χ0n) is 15.5. The van der Waals surface area contributed by atoms with Gasteiger partial charge in [0.2, 0.25) is 0 Å². The van der Waals surface area contributed by atoms with Crippen molar-refractivity contribution in [2.75, 3.05) is 10.6 Å². The second kappa shape index (κ2) is 8.12. The van der Waals surface area contributed by atoms with Gasteiger partial charge in [0.1, 0.15) is 0 Å². The lowest BCUT2D eigenvalue weighted by molar-refractivity contribution is 0.0996. The maximum atomic E-state index is 12.9. The van der Waals surface area contributed by atoms with Crippen LogP contribution in [0.5, 0.6) is 0 Å². The number of nitrogens with zero attached hydrogens (tertiary/aromatic N) is 1. The smallest absolute Gasteiger partial charge is 0.291 e. The maximum Gasteiger partial charge on any atom is 0.291 e. The molecule has 4 aromatic rings. The molecule has 144 valence electrons. The molecule has 2 heterocycles. The van der Waals surface area contributed by atoms with Gasteiger partial charge in [-0.05, 0) is 43.3 Å². The molecule has 0 spiro atoms. The van der Waals surface area contributed by atoms with E-state index in [-0.39, 0.29) is 11.7 Å². The molecule has 2 aromatic heterocycles. The van der Waals surface area contributed by atoms with Crippen LogP contribution < -0.4 is 10.6 Å². The lowest BCUT2D eigenvalue weighted by atomic mass is 10.1. The fourth-order valence-electron chi connectivity index (χ4n) is 2.83. The number of furan rings is 1. The molecule has 6 nitrogen and oxygen atoms in total. The van der Waals surface area contributed by atoms with Crippen LogP contribution in [0.2, 0.25) is 0 Å². The van der Waals surface area contributed by atoms with Gasteiger partial charge < -0.3 is 15.1 Å². The molecule has 2 aromatic carbocycles. The monoisotopic (exact) mass is 403 g/mol. The molecule has 4 rings (SSSR count). The first-order valence-electron chi connectivity index (χ1n) is 8.88. The van der Waals surface area contributed by atoms with E-state index >= 15 is 0 Å². The van der Waals surface area contributed by atoms with Crippen molar-refractivity contribution >= 4 is 34.5 Å². The SMILES string of the molecule is Cc1nc(-c2cccc(NC(=O)c3ccccc3NC(=O)c3ccco3)c2)cs1. The summed E-state index contributed by atoms with van der Waals surface area (Å²) in [4.78, 5) is 29.6. The maximum absolute atomic E-state index is 12.9. The van der Waals surface area contributed by atoms with E-state index in [1.165, 1.54) is 6.26 Å². The third-order valence-electron chi connectivity index (χ3n) is 4.20. The Morgan fingerprint density at radius 1 is 0.966 bits per heavy atom. The van der Waals surface area contributed by atoms with Crippen LogP contribution in [0, 0.1) is 6.92 Å². The first kappa shape index (κ1) is 18.6. The summed E-state index contributed by atoms with van der Waals surface area (Å²) in [5.41, 5.74) is 3.19. The predicted molar refractivity (Wildman–Crippen MR) is 113 cm³/mol. The second-order valence-corrected chi connectivity index (χ2v) is 7.33. The minimum atomic E-state index is -0.420. The molecule has 0 radical (unpaired) electrons. The van der Waals surface area contributed by atoms with Crippen molar-refractivity contribution in [3.63, 3.8) is 0 Å². The lowest BCUT2D eigenvalue weighted by Crippen LogP contribution is -2.18. The number of anilines is 2. The quantitative estimate of drug-likeness (QED) is 0.479. The van der Waals surface area contributed by atoms with Crippen LogP contribution >= 0.6 is 11.3 Å². The van der Waals surface area contributed by atoms with E-state index in [0.717, 1.165) is 16.3 Å². The molecule has 2 N–H and O–H groups in total. The topological polar surface area (TPSA) is 84.2 Å². The van der Waals surface area contributed by atoms with E-state index in [4.69, 9.17) is 4.42 Å². The summed E-state index contributed by atoms with van der Waals surface area (Å²) in [6.45, 7) is 1.95. The normalized spacial score (nSPS) is 10.5. The summed E-state index contributed by atoms with van der Waals surface area (Å²) in [6, 6.07) is 17.5. The van der Waals surface area contributed by atoms with Crippen LogP contribution in [0.1, 0.15) is 25.9 Å². The summed E-state index contributed by atoms with van der Waals surface area (Å²) in [5, 5.41) is 8.57. The molecular formula is C22H17N3O3S. The Labute approximate surface area is 171 Å². The van der Waals surface area contributed by atoms with Gasteiger partial charge in [-0.2, -0.15) is 0 Å². The van der Waals surface area contributed by atoms with Crippen molar-refractivity contribution in [3.05, 3.63) is 88.6 Å². The van der Waals surface area contributed by atoms with E-state index in [0.29, 0.717) is 16.9 Å². The fourth-order valence-corrected chi connectivity index (χ4v) is 3.45. The lowest BCUT2D eigenvalue weighted by Gasteiger charge is -2.11. The zero-order valence-corrected chi connectivity index (χ0v) is 16.3. The molecule has 0 aliphatic heterocycles. The number of carbonyl (C=O) groups is 2. The minimum absolute atomic E-state index is 0.173. The Bertz CT molecular complexity index is 1170. The second-order valence-electron chi connectivity index (χ2n) is 6.26. The first-order chi connectivity index (χ1) is 14.1. The Morgan fingerprint density at radius 2 is 1.83 bits per heavy atom. The molecule has 0 aliphatic rings. The molecular weight excluding hydrogens is 386 g/mol. The van der Waals surface area contributed by atoms with Crippen LogP contribution in [0.4, 0.5) is 11.4 Å². The standard InChI is InChI=1S/C22H17N3O3S/c1-14-23-19(13-29-14)15-6-4-7-16(12-15)24-21(26)17-8-2-3-9-18(17)25-22(27)20-10-5-11-28-20/h2-13H,1H3,(H,24,26)(H,25,27). The van der Waals surface area contributed by atoms with Crippen LogP contribution in [-0.2, 0) is 0 Å². The Hall–Kier alpha value is -3.71. The van der Waals surface area contributed by atoms with Crippen molar-refractivity contribution < 1.29 is 14.0 Å². The number of rotatable bonds is 5. The van der Waals surface area contributed by atoms with Gasteiger partial charge in [-0.3, -0.25) is 9.59 Å². The van der Waals surface area contributed by atoms with Gasteiger partial charge in [0.15, 0.2) is 5.76 Å². The van der Waals surface area contributed by atoms with E-state index < -0.39 is 5.91 Å². The third-order valence-corrected chi connectivity index (χ3v) is 4.97. The molecule has 0 aliphatic carbocycles. The molecule has 0 saturated carbocycles. The number of para-hydroxylation sites is 1. The summed E-state index contributed by atoms with van der Waals surface area (Å²) < 4.78 is 5.10. The molecule has 29 heavy (non-hydrogen) atoms. The highest BCUT2D eigenvalue weighted by molar-refractivity contribution is 7.09. The summed E-state index contributed by atoms with van der Waals surface area (Å²) in [7, 11) is 0. The van der Waals surface area contributed by atoms with E-state index in [9.17, 15) is 9.59 Å². The molecule has 0 unspecified atom stereocenters. The average Bonchev–Trinajstić information content (AvgIpc) is 3.40. The van der Waals surface area contributed by atoms with Crippen molar-refractivity contribution in [1.29, 1.82) is 0 Å². The fraction of sp³-hybridized carbons (Fsp3) is 0.0455. The van der Waals surface area contributed by atoms with Gasteiger partial charge in [-0.1, -0.05) is 24.3 Å². The zero-order chi connectivity index (χ0) is 20.2. The highest BCUT2D eigenvalue weighted by Crippen LogP contribution is 2.25. The van der Waals surface area contributed by atoms with Gasteiger partial charge in [0, 0.05) is 16.6 Å². The Kier molecular flexibility index (Phi) is 5.22. The summed E-state index contributed by atoms with van der Waals surface area (Å²) in [6.07, 6.45) is 1.42. The largest absolute Gasteiger partial charge is 0.459 e. The van der Waals surface area contributed by atoms with Gasteiger partial charge in [-0.15, -0.1) is 11.3 Å². The number of benzene rings is 2. The number of nitrogens with one attached hydrogen (secondary N) is 2. The number of hydrogen-bond donors (Lipinski definition) is 2. The van der Waals surface area contributed by atoms with Crippen LogP contribution in [0.25, 0.3) is 11.3 Å². The number of amides is 2. The molecule has 0 atom stereocenters.